The molecule has 0 saturated carbocycles. The molecule has 240 valence electrons. The van der Waals surface area contributed by atoms with Crippen molar-refractivity contribution in [3.05, 3.63) is 170 Å². The second-order valence-electron chi connectivity index (χ2n) is 10.2. The van der Waals surface area contributed by atoms with E-state index < -0.39 is 22.0 Å². The van der Waals surface area contributed by atoms with Crippen LogP contribution in [-0.2, 0) is 9.59 Å². The number of hydrogen-bond donors (Lipinski definition) is 3. The van der Waals surface area contributed by atoms with E-state index in [2.05, 4.69) is 16.0 Å². The summed E-state index contributed by atoms with van der Waals surface area (Å²) < 4.78 is 0. The van der Waals surface area contributed by atoms with Crippen LogP contribution in [0.2, 0.25) is 10.0 Å². The van der Waals surface area contributed by atoms with Crippen molar-refractivity contribution in [3.63, 3.8) is 0 Å². The highest BCUT2D eigenvalue weighted by Gasteiger charge is 2.24. The van der Waals surface area contributed by atoms with Gasteiger partial charge in [0.2, 0.25) is 5.91 Å². The van der Waals surface area contributed by atoms with Crippen LogP contribution in [0.4, 0.5) is 17.1 Å². The summed E-state index contributed by atoms with van der Waals surface area (Å²) in [6.45, 7) is 0. The molecule has 9 nitrogen and oxygen atoms in total. The van der Waals surface area contributed by atoms with Gasteiger partial charge in [-0.25, -0.2) is 0 Å². The molecule has 0 radical (unpaired) electrons. The molecule has 12 heteroatoms. The van der Waals surface area contributed by atoms with E-state index in [1.807, 2.05) is 30.3 Å². The summed E-state index contributed by atoms with van der Waals surface area (Å²) in [6.07, 6.45) is 1.25. The second kappa shape index (κ2) is 15.9. The Hall–Kier alpha value is -5.42. The van der Waals surface area contributed by atoms with Crippen LogP contribution in [0.25, 0.3) is 6.08 Å². The molecule has 48 heavy (non-hydrogen) atoms. The topological polar surface area (TPSA) is 130 Å². The van der Waals surface area contributed by atoms with Gasteiger partial charge in [-0.05, 0) is 66.2 Å². The Morgan fingerprint density at radius 1 is 0.771 bits per heavy atom. The molecule has 1 atom stereocenters. The van der Waals surface area contributed by atoms with Crippen molar-refractivity contribution in [1.82, 2.24) is 5.32 Å². The molecule has 0 heterocycles. The van der Waals surface area contributed by atoms with E-state index in [0.717, 1.165) is 5.56 Å². The maximum Gasteiger partial charge on any atom is 0.276 e. The molecule has 5 rings (SSSR count). The van der Waals surface area contributed by atoms with Crippen LogP contribution in [0, 0.1) is 10.1 Å². The van der Waals surface area contributed by atoms with Crippen LogP contribution in [0.5, 0.6) is 0 Å². The summed E-state index contributed by atoms with van der Waals surface area (Å²) in [5, 5.41) is 19.9. The predicted molar refractivity (Wildman–Crippen MR) is 190 cm³/mol. The molecule has 0 bridgehead atoms. The van der Waals surface area contributed by atoms with Gasteiger partial charge in [0.1, 0.15) is 10.9 Å². The van der Waals surface area contributed by atoms with Crippen molar-refractivity contribution in [2.75, 3.05) is 10.6 Å². The lowest BCUT2D eigenvalue weighted by Gasteiger charge is -2.18. The Morgan fingerprint density at radius 3 is 2.17 bits per heavy atom. The summed E-state index contributed by atoms with van der Waals surface area (Å²) in [6, 6.07) is 34.9. The molecule has 1 unspecified atom stereocenters. The van der Waals surface area contributed by atoms with Crippen molar-refractivity contribution in [3.8, 4) is 0 Å². The number of rotatable bonds is 11. The molecule has 0 aromatic heterocycles. The monoisotopic (exact) mass is 696 g/mol. The lowest BCUT2D eigenvalue weighted by Crippen LogP contribution is -2.30. The van der Waals surface area contributed by atoms with Gasteiger partial charge in [0.05, 0.1) is 21.2 Å². The molecule has 5 aromatic rings. The molecule has 0 saturated heterocycles. The fourth-order valence-electron chi connectivity index (χ4n) is 4.55. The average molecular weight is 698 g/mol. The molecule has 5 aromatic carbocycles. The third kappa shape index (κ3) is 8.89. The Morgan fingerprint density at radius 2 is 1.46 bits per heavy atom. The van der Waals surface area contributed by atoms with E-state index in [1.54, 1.807) is 72.8 Å². The van der Waals surface area contributed by atoms with E-state index in [9.17, 15) is 24.5 Å². The number of anilines is 2. The molecule has 0 fully saturated rings. The van der Waals surface area contributed by atoms with Crippen molar-refractivity contribution in [2.24, 2.45) is 0 Å². The first-order chi connectivity index (χ1) is 23.2. The first kappa shape index (κ1) is 33.9. The largest absolute Gasteiger partial charge is 0.323 e. The van der Waals surface area contributed by atoms with Gasteiger partial charge < -0.3 is 16.0 Å². The van der Waals surface area contributed by atoms with Crippen LogP contribution < -0.4 is 16.0 Å². The van der Waals surface area contributed by atoms with Crippen molar-refractivity contribution in [1.29, 1.82) is 0 Å². The quantitative estimate of drug-likeness (QED) is 0.0548. The SMILES string of the molecule is O=C(Nc1cccc(SC(C(=O)Nc2ccc(Cl)cc2Cl)c2ccccc2)c1)/C(=C\c1ccccc1[N+](=O)[O-])NC(=O)c1ccccc1. The van der Waals surface area contributed by atoms with Crippen LogP contribution in [0.3, 0.4) is 0 Å². The lowest BCUT2D eigenvalue weighted by atomic mass is 10.1. The number of nitrogens with zero attached hydrogens (tertiary/aromatic N) is 1. The highest BCUT2D eigenvalue weighted by Crippen LogP contribution is 2.38. The normalized spacial score (nSPS) is 11.7. The highest BCUT2D eigenvalue weighted by atomic mass is 35.5. The van der Waals surface area contributed by atoms with Crippen LogP contribution in [0.15, 0.2) is 138 Å². The summed E-state index contributed by atoms with van der Waals surface area (Å²) in [5.74, 6) is -1.62. The second-order valence-corrected chi connectivity index (χ2v) is 12.2. The van der Waals surface area contributed by atoms with Gasteiger partial charge in [-0.15, -0.1) is 11.8 Å². The minimum absolute atomic E-state index is 0.128. The predicted octanol–water partition coefficient (Wildman–Crippen LogP) is 8.78. The van der Waals surface area contributed by atoms with E-state index in [0.29, 0.717) is 31.9 Å². The molecule has 0 aliphatic rings. The van der Waals surface area contributed by atoms with Gasteiger partial charge >= 0.3 is 0 Å². The molecule has 0 spiro atoms. The number of nitrogens with one attached hydrogen (secondary N) is 3. The number of halogens is 2. The van der Waals surface area contributed by atoms with Gasteiger partial charge in [-0.3, -0.25) is 24.5 Å². The minimum atomic E-state index is -0.714. The van der Waals surface area contributed by atoms with Crippen molar-refractivity contribution < 1.29 is 19.3 Å². The van der Waals surface area contributed by atoms with E-state index in [4.69, 9.17) is 23.2 Å². The fraction of sp³-hybridized carbons (Fsp3) is 0.0278. The van der Waals surface area contributed by atoms with Crippen LogP contribution in [-0.4, -0.2) is 22.6 Å². The summed E-state index contributed by atoms with van der Waals surface area (Å²) in [7, 11) is 0. The van der Waals surface area contributed by atoms with Crippen LogP contribution >= 0.6 is 35.0 Å². The molecule has 0 aliphatic heterocycles. The van der Waals surface area contributed by atoms with E-state index in [-0.39, 0.29) is 22.9 Å². The number of hydrogen-bond acceptors (Lipinski definition) is 6. The zero-order valence-electron chi connectivity index (χ0n) is 24.9. The molecular formula is C36H26Cl2N4O5S. The minimum Gasteiger partial charge on any atom is -0.323 e. The van der Waals surface area contributed by atoms with Crippen molar-refractivity contribution >= 4 is 75.8 Å². The van der Waals surface area contributed by atoms with E-state index >= 15 is 0 Å². The number of thioether (sulfide) groups is 1. The highest BCUT2D eigenvalue weighted by molar-refractivity contribution is 8.00. The Kier molecular flexibility index (Phi) is 11.3. The lowest BCUT2D eigenvalue weighted by molar-refractivity contribution is -0.385. The molecule has 0 aliphatic carbocycles. The van der Waals surface area contributed by atoms with Gasteiger partial charge in [0.15, 0.2) is 0 Å². The smallest absolute Gasteiger partial charge is 0.276 e. The first-order valence-corrected chi connectivity index (χ1v) is 16.0. The Labute approximate surface area is 290 Å². The number of benzene rings is 5. The number of amides is 3. The first-order valence-electron chi connectivity index (χ1n) is 14.4. The fourth-order valence-corrected chi connectivity index (χ4v) is 6.08. The zero-order valence-corrected chi connectivity index (χ0v) is 27.3. The third-order valence-electron chi connectivity index (χ3n) is 6.84. The maximum absolute atomic E-state index is 13.6. The Balaban J connectivity index is 1.41. The number of nitro benzene ring substituents is 1. The summed E-state index contributed by atoms with van der Waals surface area (Å²) in [4.78, 5) is 52.0. The molecule has 3 N–H and O–H groups in total. The molecular weight excluding hydrogens is 671 g/mol. The zero-order chi connectivity index (χ0) is 34.0. The number of para-hydroxylation sites is 1. The van der Waals surface area contributed by atoms with Gasteiger partial charge in [-0.1, -0.05) is 89.9 Å². The summed E-state index contributed by atoms with van der Waals surface area (Å²) in [5.41, 5.74) is 1.48. The third-order valence-corrected chi connectivity index (χ3v) is 8.63. The van der Waals surface area contributed by atoms with Crippen LogP contribution in [0.1, 0.15) is 26.7 Å². The average Bonchev–Trinajstić information content (AvgIpc) is 3.09. The van der Waals surface area contributed by atoms with Gasteiger partial charge in [-0.2, -0.15) is 0 Å². The number of carbonyl (C=O) groups excluding carboxylic acids is 3. The van der Waals surface area contributed by atoms with E-state index in [1.165, 1.54) is 42.1 Å². The summed E-state index contributed by atoms with van der Waals surface area (Å²) >= 11 is 13.6. The number of carbonyl (C=O) groups is 3. The van der Waals surface area contributed by atoms with Gasteiger partial charge in [0.25, 0.3) is 17.5 Å². The van der Waals surface area contributed by atoms with Gasteiger partial charge in [0, 0.05) is 27.2 Å². The van der Waals surface area contributed by atoms with Crippen molar-refractivity contribution in [2.45, 2.75) is 10.1 Å². The number of nitro groups is 1. The Bertz CT molecular complexity index is 2010. The molecule has 3 amide bonds. The maximum atomic E-state index is 13.6. The standard InChI is InChI=1S/C36H26Cl2N4O5S/c37-26-18-19-30(29(38)21-26)40-36(45)33(23-10-3-1-4-11-23)48-28-16-9-15-27(22-28)39-35(44)31(41-34(43)24-12-5-2-6-13-24)20-25-14-7-8-17-32(25)42(46)47/h1-22,33H,(H,39,44)(H,40,45)(H,41,43)/b31-20+.